The minimum Gasteiger partial charge on any atom is -0.454 e. The molecular weight excluding hydrogens is 338 g/mol. The van der Waals surface area contributed by atoms with Gasteiger partial charge in [0.2, 0.25) is 12.7 Å². The van der Waals surface area contributed by atoms with Gasteiger partial charge in [-0.05, 0) is 62.1 Å². The number of carbonyl (C=O) groups excluding carboxylic acids is 1. The molecule has 0 aliphatic carbocycles. The summed E-state index contributed by atoms with van der Waals surface area (Å²) in [6.07, 6.45) is 2.14. The lowest BCUT2D eigenvalue weighted by atomic mass is 9.93. The SMILES string of the molecule is CC(C)(NC(=O)CCCc1ccc(Cl)cc1)c1ccc2c(c1)OCO2. The number of halogens is 1. The lowest BCUT2D eigenvalue weighted by molar-refractivity contribution is -0.122. The maximum absolute atomic E-state index is 12.3. The van der Waals surface area contributed by atoms with Gasteiger partial charge in [-0.2, -0.15) is 0 Å². The predicted octanol–water partition coefficient (Wildman–Crippen LogP) is 4.44. The summed E-state index contributed by atoms with van der Waals surface area (Å²) in [6, 6.07) is 13.5. The Labute approximate surface area is 153 Å². The summed E-state index contributed by atoms with van der Waals surface area (Å²) < 4.78 is 10.7. The van der Waals surface area contributed by atoms with Gasteiger partial charge in [-0.25, -0.2) is 0 Å². The first-order valence-electron chi connectivity index (χ1n) is 8.40. The molecule has 0 saturated heterocycles. The van der Waals surface area contributed by atoms with Crippen molar-refractivity contribution in [2.75, 3.05) is 6.79 Å². The van der Waals surface area contributed by atoms with E-state index in [9.17, 15) is 4.79 Å². The Kier molecular flexibility index (Phi) is 5.19. The molecular formula is C20H22ClNO3. The van der Waals surface area contributed by atoms with Gasteiger partial charge in [0.05, 0.1) is 5.54 Å². The number of ether oxygens (including phenoxy) is 2. The standard InChI is InChI=1S/C20H22ClNO3/c1-20(2,15-8-11-17-18(12-15)25-13-24-17)22-19(23)5-3-4-14-6-9-16(21)10-7-14/h6-12H,3-5,13H2,1-2H3,(H,22,23). The first kappa shape index (κ1) is 17.6. The number of hydrogen-bond donors (Lipinski definition) is 1. The largest absolute Gasteiger partial charge is 0.454 e. The van der Waals surface area contributed by atoms with E-state index >= 15 is 0 Å². The second-order valence-electron chi connectivity index (χ2n) is 6.72. The van der Waals surface area contributed by atoms with Gasteiger partial charge in [0.25, 0.3) is 0 Å². The van der Waals surface area contributed by atoms with Gasteiger partial charge < -0.3 is 14.8 Å². The summed E-state index contributed by atoms with van der Waals surface area (Å²) in [5.41, 5.74) is 1.70. The molecule has 5 heteroatoms. The second kappa shape index (κ2) is 7.36. The fraction of sp³-hybridized carbons (Fsp3) is 0.350. The third-order valence-electron chi connectivity index (χ3n) is 4.33. The van der Waals surface area contributed by atoms with Crippen molar-refractivity contribution in [3.05, 3.63) is 58.6 Å². The van der Waals surface area contributed by atoms with Gasteiger partial charge in [0, 0.05) is 11.4 Å². The Morgan fingerprint density at radius 1 is 1.12 bits per heavy atom. The number of fused-ring (bicyclic) bond motifs is 1. The van der Waals surface area contributed by atoms with E-state index < -0.39 is 5.54 Å². The van der Waals surface area contributed by atoms with Crippen LogP contribution in [0.3, 0.4) is 0 Å². The normalized spacial score (nSPS) is 12.9. The van der Waals surface area contributed by atoms with Crippen molar-refractivity contribution in [1.82, 2.24) is 5.32 Å². The minimum atomic E-state index is -0.474. The average Bonchev–Trinajstić information content (AvgIpc) is 3.04. The molecule has 1 heterocycles. The van der Waals surface area contributed by atoms with E-state index in [4.69, 9.17) is 21.1 Å². The number of carbonyl (C=O) groups is 1. The molecule has 25 heavy (non-hydrogen) atoms. The topological polar surface area (TPSA) is 47.6 Å². The zero-order valence-electron chi connectivity index (χ0n) is 14.5. The lowest BCUT2D eigenvalue weighted by Gasteiger charge is -2.27. The molecule has 0 aromatic heterocycles. The molecule has 4 nitrogen and oxygen atoms in total. The zero-order valence-corrected chi connectivity index (χ0v) is 15.2. The molecule has 0 bridgehead atoms. The van der Waals surface area contributed by atoms with Crippen molar-refractivity contribution in [2.24, 2.45) is 0 Å². The quantitative estimate of drug-likeness (QED) is 0.829. The molecule has 3 rings (SSSR count). The predicted molar refractivity (Wildman–Crippen MR) is 98.1 cm³/mol. The summed E-state index contributed by atoms with van der Waals surface area (Å²) in [5.74, 6) is 1.51. The van der Waals surface area contributed by atoms with Crippen LogP contribution in [0.4, 0.5) is 0 Å². The van der Waals surface area contributed by atoms with E-state index in [0.29, 0.717) is 6.42 Å². The van der Waals surface area contributed by atoms with Crippen LogP contribution in [0.2, 0.25) is 5.02 Å². The van der Waals surface area contributed by atoms with Crippen LogP contribution in [0, 0.1) is 0 Å². The molecule has 1 amide bonds. The Morgan fingerprint density at radius 2 is 1.84 bits per heavy atom. The van der Waals surface area contributed by atoms with Gasteiger partial charge in [-0.3, -0.25) is 4.79 Å². The van der Waals surface area contributed by atoms with Crippen LogP contribution in [0.15, 0.2) is 42.5 Å². The molecule has 1 N–H and O–H groups in total. The third kappa shape index (κ3) is 4.45. The number of hydrogen-bond acceptors (Lipinski definition) is 3. The molecule has 0 spiro atoms. The summed E-state index contributed by atoms with van der Waals surface area (Å²) >= 11 is 5.88. The summed E-state index contributed by atoms with van der Waals surface area (Å²) in [6.45, 7) is 4.22. The van der Waals surface area contributed by atoms with Gasteiger partial charge >= 0.3 is 0 Å². The maximum atomic E-state index is 12.3. The molecule has 0 saturated carbocycles. The molecule has 1 aliphatic heterocycles. The summed E-state index contributed by atoms with van der Waals surface area (Å²) in [7, 11) is 0. The second-order valence-corrected chi connectivity index (χ2v) is 7.16. The summed E-state index contributed by atoms with van der Waals surface area (Å²) in [5, 5.41) is 3.83. The van der Waals surface area contributed by atoms with Crippen molar-refractivity contribution in [3.8, 4) is 11.5 Å². The molecule has 2 aromatic rings. The highest BCUT2D eigenvalue weighted by Gasteiger charge is 2.25. The maximum Gasteiger partial charge on any atom is 0.231 e. The fourth-order valence-corrected chi connectivity index (χ4v) is 3.00. The lowest BCUT2D eigenvalue weighted by Crippen LogP contribution is -2.40. The van der Waals surface area contributed by atoms with Crippen molar-refractivity contribution >= 4 is 17.5 Å². The molecule has 0 fully saturated rings. The van der Waals surface area contributed by atoms with Gasteiger partial charge in [-0.15, -0.1) is 0 Å². The highest BCUT2D eigenvalue weighted by Crippen LogP contribution is 2.35. The number of nitrogens with one attached hydrogen (secondary N) is 1. The monoisotopic (exact) mass is 359 g/mol. The van der Waals surface area contributed by atoms with Crippen molar-refractivity contribution in [2.45, 2.75) is 38.6 Å². The Balaban J connectivity index is 1.53. The van der Waals surface area contributed by atoms with E-state index in [1.165, 1.54) is 5.56 Å². The van der Waals surface area contributed by atoms with Crippen LogP contribution >= 0.6 is 11.6 Å². The Bertz CT molecular complexity index is 756. The van der Waals surface area contributed by atoms with Gasteiger partial charge in [-0.1, -0.05) is 29.8 Å². The number of rotatable bonds is 6. The van der Waals surface area contributed by atoms with Crippen LogP contribution in [0.1, 0.15) is 37.8 Å². The Hall–Kier alpha value is -2.20. The van der Waals surface area contributed by atoms with Crippen molar-refractivity contribution in [1.29, 1.82) is 0 Å². The third-order valence-corrected chi connectivity index (χ3v) is 4.58. The smallest absolute Gasteiger partial charge is 0.231 e. The molecule has 132 valence electrons. The molecule has 0 atom stereocenters. The number of aryl methyl sites for hydroxylation is 1. The molecule has 2 aromatic carbocycles. The molecule has 0 radical (unpaired) electrons. The molecule has 0 unspecified atom stereocenters. The van der Waals surface area contributed by atoms with Gasteiger partial charge in [0.15, 0.2) is 11.5 Å². The van der Waals surface area contributed by atoms with Crippen LogP contribution in [-0.2, 0) is 16.8 Å². The minimum absolute atomic E-state index is 0.0385. The van der Waals surface area contributed by atoms with Crippen LogP contribution < -0.4 is 14.8 Å². The van der Waals surface area contributed by atoms with Crippen LogP contribution in [0.25, 0.3) is 0 Å². The fourth-order valence-electron chi connectivity index (χ4n) is 2.87. The van der Waals surface area contributed by atoms with Crippen molar-refractivity contribution in [3.63, 3.8) is 0 Å². The van der Waals surface area contributed by atoms with Gasteiger partial charge in [0.1, 0.15) is 0 Å². The first-order valence-corrected chi connectivity index (χ1v) is 8.77. The summed E-state index contributed by atoms with van der Waals surface area (Å²) in [4.78, 5) is 12.3. The highest BCUT2D eigenvalue weighted by molar-refractivity contribution is 6.30. The van der Waals surface area contributed by atoms with E-state index in [-0.39, 0.29) is 12.7 Å². The molecule has 1 aliphatic rings. The van der Waals surface area contributed by atoms with E-state index in [1.807, 2.05) is 56.3 Å². The van der Waals surface area contributed by atoms with Crippen molar-refractivity contribution < 1.29 is 14.3 Å². The van der Waals surface area contributed by atoms with Crippen LogP contribution in [0.5, 0.6) is 11.5 Å². The zero-order chi connectivity index (χ0) is 17.9. The van der Waals surface area contributed by atoms with E-state index in [1.54, 1.807) is 0 Å². The number of amides is 1. The Morgan fingerprint density at radius 3 is 2.60 bits per heavy atom. The van der Waals surface area contributed by atoms with Crippen LogP contribution in [-0.4, -0.2) is 12.7 Å². The number of benzene rings is 2. The first-order chi connectivity index (χ1) is 11.9. The highest BCUT2D eigenvalue weighted by atomic mass is 35.5. The van der Waals surface area contributed by atoms with E-state index in [2.05, 4.69) is 5.32 Å². The van der Waals surface area contributed by atoms with E-state index in [0.717, 1.165) is 34.9 Å². The average molecular weight is 360 g/mol.